The second-order valence-electron chi connectivity index (χ2n) is 20.2. The van der Waals surface area contributed by atoms with E-state index in [9.17, 15) is 0 Å². The third-order valence-electron chi connectivity index (χ3n) is 16.2. The van der Waals surface area contributed by atoms with Crippen LogP contribution in [0.15, 0.2) is 236 Å². The van der Waals surface area contributed by atoms with E-state index in [1.165, 1.54) is 111 Å². The van der Waals surface area contributed by atoms with Gasteiger partial charge in [-0.1, -0.05) is 172 Å². The first kappa shape index (κ1) is 39.5. The number of hydrogen-bond donors (Lipinski definition) is 0. The summed E-state index contributed by atoms with van der Waals surface area (Å²) in [5.41, 5.74) is 20.0. The van der Waals surface area contributed by atoms with Crippen LogP contribution in [0.25, 0.3) is 82.6 Å². The van der Waals surface area contributed by atoms with Crippen LogP contribution in [0.4, 0.5) is 5.82 Å². The van der Waals surface area contributed by atoms with E-state index in [-0.39, 0.29) is 23.3 Å². The van der Waals surface area contributed by atoms with Crippen molar-refractivity contribution in [1.29, 1.82) is 0 Å². The van der Waals surface area contributed by atoms with Gasteiger partial charge in [-0.05, 0) is 118 Å². The van der Waals surface area contributed by atoms with Crippen molar-refractivity contribution in [3.63, 3.8) is 0 Å². The van der Waals surface area contributed by atoms with Gasteiger partial charge in [-0.25, -0.2) is 4.98 Å². The molecule has 0 saturated carbocycles. The SMILES string of the molecule is CC1(C)c2ccccc2-c2cc(N3C4=C(CC(c5ccc(-n6c7ccccc7c7ccccc76)cc5)C=C4)C4C=C(c5ccc(-n6c7ccccc7c7ccccc76)cc5)C=CC43)nc3cccc1c23. The average molecular weight is 897 g/mol. The van der Waals surface area contributed by atoms with Crippen LogP contribution in [0.1, 0.15) is 48.4 Å². The first-order chi connectivity index (χ1) is 34.5. The standard InChI is InChI=1S/C66H48N4/c1-66(2)55-19-8-3-14-47(55)54-40-64(67-57-21-13-20-56(66)65(54)57)70-62-36-30-43(41-26-32-45(33-27-41)68-58-22-9-4-15-48(58)49-16-5-10-23-59(49)68)38-52(62)53-39-44(31-37-63(53)70)42-28-34-46(35-29-42)69-60-24-11-6-17-50(60)51-18-7-12-25-61(51)69/h3-38,40,44,52,62H,39H2,1-2H3. The van der Waals surface area contributed by atoms with E-state index in [0.29, 0.717) is 0 Å². The number of aromatic nitrogens is 3. The molecular weight excluding hydrogens is 849 g/mol. The Hall–Kier alpha value is -8.47. The highest BCUT2D eigenvalue weighted by atomic mass is 15.2. The van der Waals surface area contributed by atoms with E-state index in [0.717, 1.165) is 17.8 Å². The fraction of sp³-hybridized carbons (Fsp3) is 0.106. The highest BCUT2D eigenvalue weighted by Gasteiger charge is 2.43. The fourth-order valence-electron chi connectivity index (χ4n) is 13.0. The number of allylic oxidation sites excluding steroid dienone is 4. The molecule has 0 spiro atoms. The van der Waals surface area contributed by atoms with Crippen LogP contribution in [-0.4, -0.2) is 20.2 Å². The first-order valence-electron chi connectivity index (χ1n) is 24.8. The summed E-state index contributed by atoms with van der Waals surface area (Å²) in [6.07, 6.45) is 13.2. The zero-order valence-electron chi connectivity index (χ0n) is 39.1. The highest BCUT2D eigenvalue weighted by Crippen LogP contribution is 2.53. The molecule has 4 nitrogen and oxygen atoms in total. The molecule has 8 aromatic carbocycles. The molecule has 4 aliphatic rings. The number of para-hydroxylation sites is 4. The Balaban J connectivity index is 0.830. The molecule has 3 aromatic heterocycles. The summed E-state index contributed by atoms with van der Waals surface area (Å²) in [7, 11) is 0. The van der Waals surface area contributed by atoms with Gasteiger partial charge in [-0.3, -0.25) is 0 Å². The molecular formula is C66H48N4. The molecule has 3 aliphatic carbocycles. The van der Waals surface area contributed by atoms with Crippen molar-refractivity contribution in [2.75, 3.05) is 4.90 Å². The summed E-state index contributed by atoms with van der Waals surface area (Å²) in [6, 6.07) is 71.8. The number of benzene rings is 8. The van der Waals surface area contributed by atoms with E-state index in [1.807, 2.05) is 0 Å². The van der Waals surface area contributed by atoms with E-state index in [2.05, 4.69) is 252 Å². The summed E-state index contributed by atoms with van der Waals surface area (Å²) in [5, 5.41) is 6.39. The molecule has 0 N–H and O–H groups in total. The molecule has 0 amide bonds. The maximum Gasteiger partial charge on any atom is 0.134 e. The molecule has 4 heterocycles. The van der Waals surface area contributed by atoms with Gasteiger partial charge in [0.25, 0.3) is 0 Å². The van der Waals surface area contributed by atoms with E-state index < -0.39 is 0 Å². The molecule has 11 aromatic rings. The molecule has 4 heteroatoms. The second kappa shape index (κ2) is 14.8. The van der Waals surface area contributed by atoms with Crippen LogP contribution < -0.4 is 4.90 Å². The van der Waals surface area contributed by atoms with Crippen molar-refractivity contribution in [2.45, 2.75) is 37.6 Å². The van der Waals surface area contributed by atoms with Crippen LogP contribution in [-0.2, 0) is 5.41 Å². The molecule has 332 valence electrons. The largest absolute Gasteiger partial charge is 0.319 e. The Morgan fingerprint density at radius 1 is 0.514 bits per heavy atom. The minimum Gasteiger partial charge on any atom is -0.319 e. The number of rotatable bonds is 5. The van der Waals surface area contributed by atoms with Crippen LogP contribution >= 0.6 is 0 Å². The Morgan fingerprint density at radius 3 is 1.70 bits per heavy atom. The Bertz CT molecular complexity index is 4030. The molecule has 0 fully saturated rings. The van der Waals surface area contributed by atoms with Gasteiger partial charge >= 0.3 is 0 Å². The van der Waals surface area contributed by atoms with E-state index in [4.69, 9.17) is 4.98 Å². The Kier molecular flexibility index (Phi) is 8.34. The number of fused-ring (bicyclic) bond motifs is 10. The van der Waals surface area contributed by atoms with E-state index in [1.54, 1.807) is 0 Å². The molecule has 0 bridgehead atoms. The van der Waals surface area contributed by atoms with Gasteiger partial charge in [0.15, 0.2) is 0 Å². The lowest BCUT2D eigenvalue weighted by Gasteiger charge is -2.36. The third-order valence-corrected chi connectivity index (χ3v) is 16.2. The Morgan fingerprint density at radius 2 is 1.07 bits per heavy atom. The van der Waals surface area contributed by atoms with Crippen molar-refractivity contribution in [3.8, 4) is 22.5 Å². The van der Waals surface area contributed by atoms with Crippen molar-refractivity contribution >= 4 is 65.9 Å². The lowest BCUT2D eigenvalue weighted by Crippen LogP contribution is -2.33. The van der Waals surface area contributed by atoms with Crippen molar-refractivity contribution in [2.24, 2.45) is 5.92 Å². The lowest BCUT2D eigenvalue weighted by atomic mass is 9.69. The van der Waals surface area contributed by atoms with Gasteiger partial charge < -0.3 is 14.0 Å². The molecule has 0 radical (unpaired) electrons. The normalized spacial score (nSPS) is 18.8. The van der Waals surface area contributed by atoms with Gasteiger partial charge in [0.1, 0.15) is 5.82 Å². The molecule has 70 heavy (non-hydrogen) atoms. The Labute approximate surface area is 407 Å². The maximum atomic E-state index is 5.59. The van der Waals surface area contributed by atoms with Gasteiger partial charge in [0.2, 0.25) is 0 Å². The summed E-state index contributed by atoms with van der Waals surface area (Å²) in [6.45, 7) is 4.71. The molecule has 3 unspecified atom stereocenters. The van der Waals surface area contributed by atoms with Gasteiger partial charge in [0, 0.05) is 61.3 Å². The second-order valence-corrected chi connectivity index (χ2v) is 20.2. The number of pyridine rings is 1. The number of hydrogen-bond acceptors (Lipinski definition) is 2. The van der Waals surface area contributed by atoms with E-state index >= 15 is 0 Å². The van der Waals surface area contributed by atoms with Crippen LogP contribution in [0, 0.1) is 5.92 Å². The summed E-state index contributed by atoms with van der Waals surface area (Å²) in [5.74, 6) is 1.41. The molecule has 3 atom stereocenters. The van der Waals surface area contributed by atoms with Crippen LogP contribution in [0.5, 0.6) is 0 Å². The minimum absolute atomic E-state index is 0.0855. The molecule has 15 rings (SSSR count). The van der Waals surface area contributed by atoms with Crippen molar-refractivity contribution in [1.82, 2.24) is 14.1 Å². The third kappa shape index (κ3) is 5.62. The lowest BCUT2D eigenvalue weighted by molar-refractivity contribution is 0.641. The number of nitrogens with zero attached hydrogens (tertiary/aromatic N) is 4. The van der Waals surface area contributed by atoms with Crippen molar-refractivity contribution < 1.29 is 0 Å². The molecule has 1 aliphatic heterocycles. The van der Waals surface area contributed by atoms with Crippen LogP contribution in [0.2, 0.25) is 0 Å². The quantitative estimate of drug-likeness (QED) is 0.172. The van der Waals surface area contributed by atoms with Gasteiger partial charge in [-0.15, -0.1) is 0 Å². The fourth-order valence-corrected chi connectivity index (χ4v) is 13.0. The summed E-state index contributed by atoms with van der Waals surface area (Å²) < 4.78 is 4.81. The first-order valence-corrected chi connectivity index (χ1v) is 24.8. The summed E-state index contributed by atoms with van der Waals surface area (Å²) in [4.78, 5) is 8.14. The van der Waals surface area contributed by atoms with Crippen LogP contribution in [0.3, 0.4) is 0 Å². The number of anilines is 1. The zero-order chi connectivity index (χ0) is 46.2. The zero-order valence-corrected chi connectivity index (χ0v) is 39.1. The monoisotopic (exact) mass is 896 g/mol. The minimum atomic E-state index is -0.127. The van der Waals surface area contributed by atoms with Gasteiger partial charge in [0.05, 0.1) is 33.6 Å². The average Bonchev–Trinajstić information content (AvgIpc) is 4.06. The predicted molar refractivity (Wildman–Crippen MR) is 291 cm³/mol. The van der Waals surface area contributed by atoms with Gasteiger partial charge in [-0.2, -0.15) is 0 Å². The predicted octanol–water partition coefficient (Wildman–Crippen LogP) is 16.2. The topological polar surface area (TPSA) is 26.0 Å². The smallest absolute Gasteiger partial charge is 0.134 e. The molecule has 0 saturated heterocycles. The van der Waals surface area contributed by atoms with Crippen molar-refractivity contribution in [3.05, 3.63) is 258 Å². The highest BCUT2D eigenvalue weighted by molar-refractivity contribution is 6.10. The summed E-state index contributed by atoms with van der Waals surface area (Å²) >= 11 is 0. The maximum absolute atomic E-state index is 5.59.